The van der Waals surface area contributed by atoms with Gasteiger partial charge in [-0.1, -0.05) is 44.5 Å². The lowest BCUT2D eigenvalue weighted by Crippen LogP contribution is -2.58. The van der Waals surface area contributed by atoms with E-state index < -0.39 is 31.9 Å². The summed E-state index contributed by atoms with van der Waals surface area (Å²) in [5, 5.41) is 10.6. The predicted octanol–water partition coefficient (Wildman–Crippen LogP) is 2.60. The van der Waals surface area contributed by atoms with Crippen molar-refractivity contribution in [3.63, 3.8) is 0 Å². The Balaban J connectivity index is 2.58. The molecule has 0 heterocycles. The smallest absolute Gasteiger partial charge is 0.194 e. The van der Waals surface area contributed by atoms with Crippen LogP contribution in [0.5, 0.6) is 0 Å². The quantitative estimate of drug-likeness (QED) is 0.622. The molecule has 0 aromatic rings. The molecule has 0 radical (unpaired) electrons. The van der Waals surface area contributed by atoms with E-state index in [4.69, 9.17) is 9.16 Å². The maximum Gasteiger partial charge on any atom is 0.194 e. The van der Waals surface area contributed by atoms with Crippen LogP contribution < -0.4 is 0 Å². The van der Waals surface area contributed by atoms with E-state index in [2.05, 4.69) is 57.5 Å². The fourth-order valence-electron chi connectivity index (χ4n) is 2.62. The van der Waals surface area contributed by atoms with Crippen molar-refractivity contribution in [2.24, 2.45) is 0 Å². The summed E-state index contributed by atoms with van der Waals surface area (Å²) in [5.41, 5.74) is -0.585. The minimum Gasteiger partial charge on any atom is -0.398 e. The Labute approximate surface area is 151 Å². The number of hydrogen-bond acceptors (Lipinski definition) is 4. The third-order valence-electron chi connectivity index (χ3n) is 5.07. The third kappa shape index (κ3) is 3.97. The van der Waals surface area contributed by atoms with Crippen LogP contribution in [0.2, 0.25) is 18.1 Å². The Bertz CT molecular complexity index is 734. The lowest BCUT2D eigenvalue weighted by Gasteiger charge is -2.46. The van der Waals surface area contributed by atoms with E-state index in [1.165, 1.54) is 6.08 Å². The average Bonchev–Trinajstić information content (AvgIpc) is 2.50. The minimum absolute atomic E-state index is 0.0842. The van der Waals surface area contributed by atoms with Crippen molar-refractivity contribution in [1.82, 2.24) is 0 Å². The maximum atomic E-state index is 12.5. The van der Waals surface area contributed by atoms with Crippen LogP contribution in [-0.4, -0.2) is 44.1 Å². The minimum atomic E-state index is -2.30. The Hall–Kier alpha value is -1.63. The molecule has 4 nitrogen and oxygen atoms in total. The van der Waals surface area contributed by atoms with E-state index in [1.807, 2.05) is 0 Å². The van der Waals surface area contributed by atoms with Crippen LogP contribution in [0.1, 0.15) is 27.2 Å². The molecule has 25 heavy (non-hydrogen) atoms. The summed E-state index contributed by atoms with van der Waals surface area (Å²) < 4.78 is 12.0. The number of fused-ring (bicyclic) bond motifs is 2. The van der Waals surface area contributed by atoms with Crippen LogP contribution in [-0.2, 0) is 14.0 Å². The highest BCUT2D eigenvalue weighted by atomic mass is 28.4. The summed E-state index contributed by atoms with van der Waals surface area (Å²) in [7, 11) is -0.747. The Morgan fingerprint density at radius 2 is 1.92 bits per heavy atom. The predicted molar refractivity (Wildman–Crippen MR) is 100 cm³/mol. The number of ether oxygens (including phenoxy) is 1. The number of methoxy groups -OCH3 is 1. The zero-order chi connectivity index (χ0) is 18.9. The summed E-state index contributed by atoms with van der Waals surface area (Å²) in [6.07, 6.45) is 3.11. The molecule has 0 aromatic heterocycles. The molecule has 0 unspecified atom stereocenters. The Morgan fingerprint density at radius 3 is 2.52 bits per heavy atom. The summed E-state index contributed by atoms with van der Waals surface area (Å²) in [4.78, 5) is 12.5. The second-order valence-electron chi connectivity index (χ2n) is 7.96. The summed E-state index contributed by atoms with van der Waals surface area (Å²) in [6, 6.07) is 0. The molecule has 0 spiro atoms. The first-order valence-electron chi connectivity index (χ1n) is 8.36. The van der Waals surface area contributed by atoms with Gasteiger partial charge in [-0.2, -0.15) is 0 Å². The second kappa shape index (κ2) is 6.94. The van der Waals surface area contributed by atoms with Crippen molar-refractivity contribution in [2.45, 2.75) is 63.1 Å². The number of hydrogen-bond donors (Lipinski definition) is 1. The van der Waals surface area contributed by atoms with Crippen LogP contribution in [0, 0.1) is 23.7 Å². The molecular formula is C20H26O4Si. The van der Waals surface area contributed by atoms with Crippen LogP contribution >= 0.6 is 0 Å². The van der Waals surface area contributed by atoms with E-state index in [-0.39, 0.29) is 5.04 Å². The lowest BCUT2D eigenvalue weighted by molar-refractivity contribution is -0.133. The molecular weight excluding hydrogens is 332 g/mol. The van der Waals surface area contributed by atoms with Crippen molar-refractivity contribution in [3.05, 3.63) is 23.8 Å². The van der Waals surface area contributed by atoms with Crippen molar-refractivity contribution in [2.75, 3.05) is 7.11 Å². The van der Waals surface area contributed by atoms with Crippen LogP contribution in [0.25, 0.3) is 0 Å². The molecule has 1 N–H and O–H groups in total. The monoisotopic (exact) mass is 358 g/mol. The lowest BCUT2D eigenvalue weighted by atomic mass is 9.80. The van der Waals surface area contributed by atoms with Gasteiger partial charge in [0, 0.05) is 13.5 Å². The van der Waals surface area contributed by atoms with Gasteiger partial charge in [-0.05, 0) is 41.9 Å². The molecule has 5 heteroatoms. The third-order valence-corrected chi connectivity index (χ3v) is 9.56. The molecule has 134 valence electrons. The standard InChI is InChI=1S/C20H26O4Si/c1-19(2,3)25(5,6)24-20-12-10-8-7-9-11-17(23-4)15(14-20)13-16(21)18(20)22/h7-8,13,17-18,22H,14H2,1-6H3/b8-7-/t17-,18-,20+/m0/s1. The fraction of sp³-hybridized carbons (Fsp3) is 0.550. The Morgan fingerprint density at radius 1 is 1.28 bits per heavy atom. The van der Waals surface area contributed by atoms with Crippen molar-refractivity contribution < 1.29 is 19.1 Å². The van der Waals surface area contributed by atoms with Gasteiger partial charge in [-0.3, -0.25) is 4.79 Å². The van der Waals surface area contributed by atoms with E-state index >= 15 is 0 Å². The zero-order valence-corrected chi connectivity index (χ0v) is 16.8. The number of aliphatic hydroxyl groups is 1. The zero-order valence-electron chi connectivity index (χ0n) is 15.8. The molecule has 2 rings (SSSR count). The number of carbonyl (C=O) groups is 1. The van der Waals surface area contributed by atoms with Gasteiger partial charge in [0.15, 0.2) is 25.8 Å². The highest BCUT2D eigenvalue weighted by Gasteiger charge is 2.52. The van der Waals surface area contributed by atoms with E-state index in [0.717, 1.165) is 0 Å². The molecule has 3 atom stereocenters. The van der Waals surface area contributed by atoms with Gasteiger partial charge in [0.25, 0.3) is 0 Å². The van der Waals surface area contributed by atoms with E-state index in [0.29, 0.717) is 12.0 Å². The molecule has 0 amide bonds. The normalized spacial score (nSPS) is 30.4. The number of rotatable bonds is 3. The van der Waals surface area contributed by atoms with Gasteiger partial charge in [0.1, 0.15) is 6.10 Å². The average molecular weight is 359 g/mol. The van der Waals surface area contributed by atoms with Gasteiger partial charge in [0.2, 0.25) is 0 Å². The largest absolute Gasteiger partial charge is 0.398 e. The highest BCUT2D eigenvalue weighted by molar-refractivity contribution is 6.74. The molecule has 2 bridgehead atoms. The van der Waals surface area contributed by atoms with Crippen molar-refractivity contribution in [1.29, 1.82) is 0 Å². The van der Waals surface area contributed by atoms with Crippen molar-refractivity contribution in [3.8, 4) is 23.7 Å². The maximum absolute atomic E-state index is 12.5. The molecule has 0 fully saturated rings. The van der Waals surface area contributed by atoms with Gasteiger partial charge in [-0.25, -0.2) is 0 Å². The molecule has 2 aliphatic rings. The first-order valence-corrected chi connectivity index (χ1v) is 11.3. The topological polar surface area (TPSA) is 55.8 Å². The van der Waals surface area contributed by atoms with Crippen LogP contribution in [0.15, 0.2) is 23.8 Å². The highest BCUT2D eigenvalue weighted by Crippen LogP contribution is 2.43. The van der Waals surface area contributed by atoms with Gasteiger partial charge in [0.05, 0.1) is 0 Å². The first kappa shape index (κ1) is 19.7. The van der Waals surface area contributed by atoms with Crippen LogP contribution in [0.4, 0.5) is 0 Å². The fourth-order valence-corrected chi connectivity index (χ4v) is 4.07. The van der Waals surface area contributed by atoms with Gasteiger partial charge in [-0.15, -0.1) is 0 Å². The summed E-state index contributed by atoms with van der Waals surface area (Å²) in [6.45, 7) is 10.5. The molecule has 0 aromatic carbocycles. The number of ketones is 1. The number of aliphatic hydroxyl groups excluding tert-OH is 1. The van der Waals surface area contributed by atoms with Gasteiger partial charge < -0.3 is 14.3 Å². The van der Waals surface area contributed by atoms with E-state index in [9.17, 15) is 9.90 Å². The number of carbonyl (C=O) groups excluding carboxylic acids is 1. The molecule has 0 saturated carbocycles. The molecule has 2 aliphatic carbocycles. The van der Waals surface area contributed by atoms with Crippen LogP contribution in [0.3, 0.4) is 0 Å². The van der Waals surface area contributed by atoms with Crippen molar-refractivity contribution >= 4 is 14.1 Å². The molecule has 0 aliphatic heterocycles. The Kier molecular flexibility index (Phi) is 5.46. The molecule has 0 saturated heterocycles. The second-order valence-corrected chi connectivity index (χ2v) is 12.7. The number of allylic oxidation sites excluding steroid dienone is 2. The SMILES string of the molecule is CO[C@H]1C#C/C=C\C#C[C@@]2(O[Si](C)(C)C(C)(C)C)CC1=CC(=O)[C@@H]2O. The van der Waals surface area contributed by atoms with Gasteiger partial charge >= 0.3 is 0 Å². The summed E-state index contributed by atoms with van der Waals surface area (Å²) >= 11 is 0. The summed E-state index contributed by atoms with van der Waals surface area (Å²) in [5.74, 6) is 11.3. The first-order chi connectivity index (χ1) is 11.5. The van der Waals surface area contributed by atoms with E-state index in [1.54, 1.807) is 19.3 Å².